The Bertz CT molecular complexity index is 445. The summed E-state index contributed by atoms with van der Waals surface area (Å²) in [6, 6.07) is 5.78. The van der Waals surface area contributed by atoms with Gasteiger partial charge in [0.25, 0.3) is 5.91 Å². The Balaban J connectivity index is 1.96. The zero-order valence-electron chi connectivity index (χ0n) is 10.9. The van der Waals surface area contributed by atoms with Crippen LogP contribution in [0.3, 0.4) is 0 Å². The number of carbonyl (C=O) groups excluding carboxylic acids is 1. The lowest BCUT2D eigenvalue weighted by Gasteiger charge is -2.17. The first-order valence-corrected chi connectivity index (χ1v) is 7.39. The first kappa shape index (κ1) is 14.3. The van der Waals surface area contributed by atoms with Gasteiger partial charge in [0.15, 0.2) is 6.61 Å². The molecule has 1 saturated heterocycles. The largest absolute Gasteiger partial charge is 0.483 e. The monoisotopic (exact) mass is 326 g/mol. The summed E-state index contributed by atoms with van der Waals surface area (Å²) in [7, 11) is 0. The summed E-state index contributed by atoms with van der Waals surface area (Å²) in [5, 5.41) is 0. The Kier molecular flexibility index (Phi) is 5.22. The van der Waals surface area contributed by atoms with Gasteiger partial charge in [-0.05, 0) is 49.6 Å². The van der Waals surface area contributed by atoms with E-state index in [1.165, 1.54) is 0 Å². The molecule has 1 aromatic carbocycles. The molecule has 4 nitrogen and oxygen atoms in total. The number of rotatable bonds is 5. The SMILES string of the molecule is NCCc1cc(Br)ccc1OCC(=O)N1CCCC1. The minimum Gasteiger partial charge on any atom is -0.483 e. The third kappa shape index (κ3) is 3.94. The van der Waals surface area contributed by atoms with Crippen LogP contribution in [0.4, 0.5) is 0 Å². The van der Waals surface area contributed by atoms with Crippen molar-refractivity contribution in [1.29, 1.82) is 0 Å². The Morgan fingerprint density at radius 2 is 2.11 bits per heavy atom. The molecular formula is C14H19BrN2O2. The molecule has 0 atom stereocenters. The van der Waals surface area contributed by atoms with E-state index in [0.29, 0.717) is 6.54 Å². The summed E-state index contributed by atoms with van der Waals surface area (Å²) in [4.78, 5) is 13.8. The molecule has 0 bridgehead atoms. The fourth-order valence-electron chi connectivity index (χ4n) is 2.24. The van der Waals surface area contributed by atoms with Gasteiger partial charge in [-0.2, -0.15) is 0 Å². The molecule has 1 heterocycles. The van der Waals surface area contributed by atoms with Crippen LogP contribution in [0.5, 0.6) is 5.75 Å². The predicted molar refractivity (Wildman–Crippen MR) is 78.2 cm³/mol. The van der Waals surface area contributed by atoms with Crippen LogP contribution in [0.15, 0.2) is 22.7 Å². The minimum absolute atomic E-state index is 0.0686. The number of benzene rings is 1. The molecule has 0 radical (unpaired) electrons. The lowest BCUT2D eigenvalue weighted by Crippen LogP contribution is -2.32. The van der Waals surface area contributed by atoms with Crippen LogP contribution in [0, 0.1) is 0 Å². The van der Waals surface area contributed by atoms with Crippen LogP contribution in [0.1, 0.15) is 18.4 Å². The Morgan fingerprint density at radius 1 is 1.37 bits per heavy atom. The van der Waals surface area contributed by atoms with E-state index in [2.05, 4.69) is 15.9 Å². The second-order valence-corrected chi connectivity index (χ2v) is 5.58. The molecule has 0 spiro atoms. The fraction of sp³-hybridized carbons (Fsp3) is 0.500. The highest BCUT2D eigenvalue weighted by molar-refractivity contribution is 9.10. The molecule has 0 saturated carbocycles. The molecule has 1 aromatic rings. The van der Waals surface area contributed by atoms with E-state index in [1.54, 1.807) is 0 Å². The molecule has 104 valence electrons. The maximum atomic E-state index is 11.9. The lowest BCUT2D eigenvalue weighted by atomic mass is 10.1. The van der Waals surface area contributed by atoms with Gasteiger partial charge >= 0.3 is 0 Å². The standard InChI is InChI=1S/C14H19BrN2O2/c15-12-3-4-13(11(9-12)5-6-16)19-10-14(18)17-7-1-2-8-17/h3-4,9H,1-2,5-8,10,16H2. The van der Waals surface area contributed by atoms with E-state index < -0.39 is 0 Å². The first-order valence-electron chi connectivity index (χ1n) is 6.60. The molecule has 19 heavy (non-hydrogen) atoms. The van der Waals surface area contributed by atoms with Crippen LogP contribution >= 0.6 is 15.9 Å². The average Bonchev–Trinajstić information content (AvgIpc) is 2.92. The van der Waals surface area contributed by atoms with E-state index in [1.807, 2.05) is 23.1 Å². The lowest BCUT2D eigenvalue weighted by molar-refractivity contribution is -0.132. The zero-order chi connectivity index (χ0) is 13.7. The fourth-order valence-corrected chi connectivity index (χ4v) is 2.65. The maximum Gasteiger partial charge on any atom is 0.260 e. The molecule has 0 unspecified atom stereocenters. The minimum atomic E-state index is 0.0686. The van der Waals surface area contributed by atoms with Crippen molar-refractivity contribution in [1.82, 2.24) is 4.90 Å². The highest BCUT2D eigenvalue weighted by Crippen LogP contribution is 2.23. The van der Waals surface area contributed by atoms with Crippen LogP contribution in [0.25, 0.3) is 0 Å². The van der Waals surface area contributed by atoms with Gasteiger partial charge in [0.2, 0.25) is 0 Å². The second kappa shape index (κ2) is 6.91. The van der Waals surface area contributed by atoms with Crippen molar-refractivity contribution in [3.05, 3.63) is 28.2 Å². The molecular weight excluding hydrogens is 308 g/mol. The van der Waals surface area contributed by atoms with E-state index >= 15 is 0 Å². The second-order valence-electron chi connectivity index (χ2n) is 4.67. The summed E-state index contributed by atoms with van der Waals surface area (Å²) in [6.45, 7) is 2.39. The quantitative estimate of drug-likeness (QED) is 0.899. The highest BCUT2D eigenvalue weighted by Gasteiger charge is 2.18. The normalized spacial score (nSPS) is 14.7. The van der Waals surface area contributed by atoms with Gasteiger partial charge in [0.1, 0.15) is 5.75 Å². The van der Waals surface area contributed by atoms with E-state index in [9.17, 15) is 4.79 Å². The number of hydrogen-bond donors (Lipinski definition) is 1. The van der Waals surface area contributed by atoms with Crippen molar-refractivity contribution in [2.24, 2.45) is 5.73 Å². The van der Waals surface area contributed by atoms with E-state index in [0.717, 1.165) is 48.1 Å². The number of carbonyl (C=O) groups is 1. The highest BCUT2D eigenvalue weighted by atomic mass is 79.9. The number of nitrogens with zero attached hydrogens (tertiary/aromatic N) is 1. The molecule has 0 aromatic heterocycles. The number of ether oxygens (including phenoxy) is 1. The molecule has 1 aliphatic rings. The van der Waals surface area contributed by atoms with Gasteiger partial charge in [-0.25, -0.2) is 0 Å². The molecule has 1 amide bonds. The third-order valence-electron chi connectivity index (χ3n) is 3.25. The maximum absolute atomic E-state index is 11.9. The van der Waals surface area contributed by atoms with E-state index in [4.69, 9.17) is 10.5 Å². The number of halogens is 1. The molecule has 1 fully saturated rings. The van der Waals surface area contributed by atoms with Crippen LogP contribution < -0.4 is 10.5 Å². The first-order chi connectivity index (χ1) is 9.20. The van der Waals surface area contributed by atoms with Gasteiger partial charge in [0.05, 0.1) is 0 Å². The van der Waals surface area contributed by atoms with Crippen molar-refractivity contribution in [2.45, 2.75) is 19.3 Å². The Labute approximate surface area is 122 Å². The van der Waals surface area contributed by atoms with Crippen molar-refractivity contribution >= 4 is 21.8 Å². The average molecular weight is 327 g/mol. The van der Waals surface area contributed by atoms with Gasteiger partial charge in [-0.15, -0.1) is 0 Å². The van der Waals surface area contributed by atoms with Crippen LogP contribution in [0.2, 0.25) is 0 Å². The van der Waals surface area contributed by atoms with E-state index in [-0.39, 0.29) is 12.5 Å². The Hall–Kier alpha value is -1.07. The van der Waals surface area contributed by atoms with Gasteiger partial charge < -0.3 is 15.4 Å². The van der Waals surface area contributed by atoms with Crippen molar-refractivity contribution in [3.8, 4) is 5.75 Å². The van der Waals surface area contributed by atoms with Gasteiger partial charge in [-0.1, -0.05) is 15.9 Å². The summed E-state index contributed by atoms with van der Waals surface area (Å²) in [5.74, 6) is 0.820. The van der Waals surface area contributed by atoms with Gasteiger partial charge in [0, 0.05) is 17.6 Å². The predicted octanol–water partition coefficient (Wildman–Crippen LogP) is 1.95. The summed E-state index contributed by atoms with van der Waals surface area (Å²) in [5.41, 5.74) is 6.62. The smallest absolute Gasteiger partial charge is 0.260 e. The van der Waals surface area contributed by atoms with Crippen molar-refractivity contribution in [2.75, 3.05) is 26.2 Å². The van der Waals surface area contributed by atoms with Crippen molar-refractivity contribution < 1.29 is 9.53 Å². The van der Waals surface area contributed by atoms with Crippen LogP contribution in [-0.2, 0) is 11.2 Å². The molecule has 2 rings (SSSR count). The molecule has 2 N–H and O–H groups in total. The van der Waals surface area contributed by atoms with Crippen molar-refractivity contribution in [3.63, 3.8) is 0 Å². The summed E-state index contributed by atoms with van der Waals surface area (Å²) in [6.07, 6.45) is 2.94. The number of nitrogens with two attached hydrogens (primary N) is 1. The molecule has 0 aliphatic carbocycles. The zero-order valence-corrected chi connectivity index (χ0v) is 12.5. The molecule has 1 aliphatic heterocycles. The topological polar surface area (TPSA) is 55.6 Å². The summed E-state index contributed by atoms with van der Waals surface area (Å²) >= 11 is 3.43. The molecule has 5 heteroatoms. The summed E-state index contributed by atoms with van der Waals surface area (Å²) < 4.78 is 6.65. The number of amides is 1. The number of likely N-dealkylation sites (tertiary alicyclic amines) is 1. The third-order valence-corrected chi connectivity index (χ3v) is 3.74. The Morgan fingerprint density at radius 3 is 2.79 bits per heavy atom. The van der Waals surface area contributed by atoms with Gasteiger partial charge in [-0.3, -0.25) is 4.79 Å². The van der Waals surface area contributed by atoms with Crippen LogP contribution in [-0.4, -0.2) is 37.0 Å². The number of hydrogen-bond acceptors (Lipinski definition) is 3.